The van der Waals surface area contributed by atoms with E-state index in [1.54, 1.807) is 24.3 Å². The zero-order valence-corrected chi connectivity index (χ0v) is 15.3. The molecule has 142 valence electrons. The van der Waals surface area contributed by atoms with Gasteiger partial charge in [0.1, 0.15) is 11.5 Å². The molecule has 1 heterocycles. The van der Waals surface area contributed by atoms with Crippen LogP contribution in [0.5, 0.6) is 11.5 Å². The minimum absolute atomic E-state index is 0.0239. The number of morpholine rings is 1. The van der Waals surface area contributed by atoms with Crippen LogP contribution in [0.4, 0.5) is 0 Å². The zero-order chi connectivity index (χ0) is 19.2. The minimum Gasteiger partial charge on any atom is -0.481 e. The molecule has 6 heteroatoms. The van der Waals surface area contributed by atoms with E-state index in [9.17, 15) is 9.59 Å². The number of carboxylic acid groups (broad SMARTS) is 1. The van der Waals surface area contributed by atoms with Crippen molar-refractivity contribution in [1.82, 2.24) is 4.90 Å². The molecule has 1 fully saturated rings. The summed E-state index contributed by atoms with van der Waals surface area (Å²) in [6.45, 7) is 4.09. The molecule has 1 N–H and O–H groups in total. The first-order chi connectivity index (χ1) is 13.0. The maximum Gasteiger partial charge on any atom is 0.304 e. The Kier molecular flexibility index (Phi) is 6.21. The van der Waals surface area contributed by atoms with Crippen LogP contribution in [0.15, 0.2) is 48.5 Å². The highest BCUT2D eigenvalue weighted by molar-refractivity contribution is 5.94. The van der Waals surface area contributed by atoms with E-state index in [1.165, 1.54) is 6.92 Å². The topological polar surface area (TPSA) is 76.1 Å². The summed E-state index contributed by atoms with van der Waals surface area (Å²) in [5.41, 5.74) is 1.69. The Labute approximate surface area is 158 Å². The van der Waals surface area contributed by atoms with E-state index in [1.807, 2.05) is 24.3 Å². The van der Waals surface area contributed by atoms with Gasteiger partial charge in [-0.3, -0.25) is 14.5 Å². The lowest BCUT2D eigenvalue weighted by atomic mass is 10.1. The van der Waals surface area contributed by atoms with E-state index >= 15 is 0 Å². The first-order valence-electron chi connectivity index (χ1n) is 8.96. The second-order valence-electron chi connectivity index (χ2n) is 6.56. The van der Waals surface area contributed by atoms with Crippen LogP contribution >= 0.6 is 0 Å². The van der Waals surface area contributed by atoms with Gasteiger partial charge in [-0.05, 0) is 48.9 Å². The van der Waals surface area contributed by atoms with E-state index in [0.29, 0.717) is 36.8 Å². The van der Waals surface area contributed by atoms with Crippen molar-refractivity contribution in [2.45, 2.75) is 19.4 Å². The average molecular weight is 369 g/mol. The van der Waals surface area contributed by atoms with Crippen molar-refractivity contribution in [3.63, 3.8) is 0 Å². The summed E-state index contributed by atoms with van der Waals surface area (Å²) < 4.78 is 11.6. The highest BCUT2D eigenvalue weighted by Crippen LogP contribution is 2.27. The number of rotatable bonds is 7. The smallest absolute Gasteiger partial charge is 0.304 e. The molecule has 0 bridgehead atoms. The van der Waals surface area contributed by atoms with Gasteiger partial charge in [0.15, 0.2) is 5.78 Å². The van der Waals surface area contributed by atoms with Crippen molar-refractivity contribution in [2.24, 2.45) is 0 Å². The Bertz CT molecular complexity index is 785. The van der Waals surface area contributed by atoms with Crippen LogP contribution < -0.4 is 4.74 Å². The van der Waals surface area contributed by atoms with Gasteiger partial charge in [0.2, 0.25) is 0 Å². The quantitative estimate of drug-likeness (QED) is 0.753. The fraction of sp³-hybridized carbons (Fsp3) is 0.333. The van der Waals surface area contributed by atoms with Crippen LogP contribution in [-0.4, -0.2) is 48.0 Å². The number of nitrogens with zero attached hydrogens (tertiary/aromatic N) is 1. The lowest BCUT2D eigenvalue weighted by Crippen LogP contribution is -2.39. The van der Waals surface area contributed by atoms with E-state index in [2.05, 4.69) is 4.90 Å². The van der Waals surface area contributed by atoms with Gasteiger partial charge in [-0.25, -0.2) is 0 Å². The molecule has 0 aliphatic carbocycles. The third-order valence-electron chi connectivity index (χ3n) is 4.54. The van der Waals surface area contributed by atoms with Gasteiger partial charge in [-0.1, -0.05) is 12.1 Å². The number of ether oxygens (including phenoxy) is 2. The predicted octanol–water partition coefficient (Wildman–Crippen LogP) is 3.53. The highest BCUT2D eigenvalue weighted by Gasteiger charge is 2.22. The molecule has 0 spiro atoms. The molecule has 0 amide bonds. The standard InChI is InChI=1S/C21H23NO5/c1-15(23)16-2-6-18(7-3-16)27-19-8-4-17(5-9-19)20-14-22(12-13-26-20)11-10-21(24)25/h2-9,20H,10-14H2,1H3,(H,24,25). The van der Waals surface area contributed by atoms with Crippen LogP contribution in [0.2, 0.25) is 0 Å². The lowest BCUT2D eigenvalue weighted by molar-refractivity contribution is -0.137. The number of ketones is 1. The monoisotopic (exact) mass is 369 g/mol. The van der Waals surface area contributed by atoms with Crippen molar-refractivity contribution in [3.05, 3.63) is 59.7 Å². The van der Waals surface area contributed by atoms with Crippen LogP contribution in [-0.2, 0) is 9.53 Å². The number of hydrogen-bond acceptors (Lipinski definition) is 5. The Morgan fingerprint density at radius 2 is 1.74 bits per heavy atom. The summed E-state index contributed by atoms with van der Waals surface area (Å²) in [5, 5.41) is 8.83. The van der Waals surface area contributed by atoms with Crippen molar-refractivity contribution >= 4 is 11.8 Å². The predicted molar refractivity (Wildman–Crippen MR) is 100 cm³/mol. The molecule has 1 saturated heterocycles. The molecular weight excluding hydrogens is 346 g/mol. The maximum absolute atomic E-state index is 11.3. The van der Waals surface area contributed by atoms with Gasteiger partial charge in [-0.15, -0.1) is 0 Å². The van der Waals surface area contributed by atoms with E-state index in [4.69, 9.17) is 14.6 Å². The third-order valence-corrected chi connectivity index (χ3v) is 4.54. The summed E-state index contributed by atoms with van der Waals surface area (Å²) in [4.78, 5) is 24.2. The molecule has 0 radical (unpaired) electrons. The van der Waals surface area contributed by atoms with Gasteiger partial charge >= 0.3 is 5.97 Å². The zero-order valence-electron chi connectivity index (χ0n) is 15.3. The minimum atomic E-state index is -0.782. The van der Waals surface area contributed by atoms with E-state index < -0.39 is 5.97 Å². The summed E-state index contributed by atoms with van der Waals surface area (Å²) in [5.74, 6) is 0.612. The molecule has 0 saturated carbocycles. The normalized spacial score (nSPS) is 17.4. The molecular formula is C21H23NO5. The number of Topliss-reactive ketones (excluding diaryl/α,β-unsaturated/α-hetero) is 1. The van der Waals surface area contributed by atoms with Gasteiger partial charge in [0.25, 0.3) is 0 Å². The van der Waals surface area contributed by atoms with Crippen LogP contribution in [0.3, 0.4) is 0 Å². The van der Waals surface area contributed by atoms with Crippen molar-refractivity contribution in [2.75, 3.05) is 26.2 Å². The molecule has 1 atom stereocenters. The Hall–Kier alpha value is -2.70. The molecule has 0 aromatic heterocycles. The largest absolute Gasteiger partial charge is 0.481 e. The molecule has 1 aliphatic rings. The molecule has 2 aromatic carbocycles. The number of carbonyl (C=O) groups is 2. The van der Waals surface area contributed by atoms with Crippen LogP contribution in [0.1, 0.15) is 35.4 Å². The summed E-state index contributed by atoms with van der Waals surface area (Å²) in [6.07, 6.45) is 0.0681. The number of benzene rings is 2. The molecule has 27 heavy (non-hydrogen) atoms. The second kappa shape index (κ2) is 8.79. The Balaban J connectivity index is 1.59. The first-order valence-corrected chi connectivity index (χ1v) is 8.96. The number of carboxylic acids is 1. The number of aliphatic carboxylic acids is 1. The molecule has 1 unspecified atom stereocenters. The Morgan fingerprint density at radius 3 is 2.33 bits per heavy atom. The molecule has 2 aromatic rings. The second-order valence-corrected chi connectivity index (χ2v) is 6.56. The number of hydrogen-bond donors (Lipinski definition) is 1. The van der Waals surface area contributed by atoms with Gasteiger partial charge in [-0.2, -0.15) is 0 Å². The third kappa shape index (κ3) is 5.39. The van der Waals surface area contributed by atoms with Crippen molar-refractivity contribution in [1.29, 1.82) is 0 Å². The maximum atomic E-state index is 11.3. The molecule has 6 nitrogen and oxygen atoms in total. The van der Waals surface area contributed by atoms with Crippen LogP contribution in [0.25, 0.3) is 0 Å². The fourth-order valence-electron chi connectivity index (χ4n) is 3.01. The fourth-order valence-corrected chi connectivity index (χ4v) is 3.01. The molecule has 1 aliphatic heterocycles. The van der Waals surface area contributed by atoms with Gasteiger partial charge in [0.05, 0.1) is 19.1 Å². The summed E-state index contributed by atoms with van der Waals surface area (Å²) in [6, 6.07) is 14.7. The average Bonchev–Trinajstić information content (AvgIpc) is 2.67. The first kappa shape index (κ1) is 19.1. The van der Waals surface area contributed by atoms with E-state index in [0.717, 1.165) is 12.1 Å². The van der Waals surface area contributed by atoms with Crippen molar-refractivity contribution < 1.29 is 24.2 Å². The van der Waals surface area contributed by atoms with Gasteiger partial charge in [0, 0.05) is 25.2 Å². The summed E-state index contributed by atoms with van der Waals surface area (Å²) >= 11 is 0. The van der Waals surface area contributed by atoms with E-state index in [-0.39, 0.29) is 18.3 Å². The van der Waals surface area contributed by atoms with Gasteiger partial charge < -0.3 is 14.6 Å². The summed E-state index contributed by atoms with van der Waals surface area (Å²) in [7, 11) is 0. The number of carbonyl (C=O) groups excluding carboxylic acids is 1. The highest BCUT2D eigenvalue weighted by atomic mass is 16.5. The molecule has 3 rings (SSSR count). The SMILES string of the molecule is CC(=O)c1ccc(Oc2ccc(C3CN(CCC(=O)O)CCO3)cc2)cc1. The lowest BCUT2D eigenvalue weighted by Gasteiger charge is -2.32. The van der Waals surface area contributed by atoms with Crippen molar-refractivity contribution in [3.8, 4) is 11.5 Å². The van der Waals surface area contributed by atoms with Crippen LogP contribution in [0, 0.1) is 0 Å². The Morgan fingerprint density at radius 1 is 1.11 bits per heavy atom.